The standard InChI is InChI=1S/C7H7NO3.2ClH/c9-7(10)5-6-1-3-8-11-4-2-6;;/h1-4H,5H2,(H,9,10);2*1H. The Bertz CT molecular complexity index is 248. The normalized spacial score (nSPS) is 12.8. The van der Waals surface area contributed by atoms with Gasteiger partial charge in [0.15, 0.2) is 0 Å². The Hall–Kier alpha value is -1.00. The van der Waals surface area contributed by atoms with Crippen molar-refractivity contribution in [2.75, 3.05) is 0 Å². The van der Waals surface area contributed by atoms with E-state index in [1.807, 2.05) is 0 Å². The van der Waals surface area contributed by atoms with Crippen molar-refractivity contribution >= 4 is 37.0 Å². The van der Waals surface area contributed by atoms with E-state index in [0.717, 1.165) is 0 Å². The van der Waals surface area contributed by atoms with Gasteiger partial charge in [-0.15, -0.1) is 24.8 Å². The molecule has 0 aromatic rings. The average molecular weight is 226 g/mol. The summed E-state index contributed by atoms with van der Waals surface area (Å²) in [6, 6.07) is 0. The first kappa shape index (κ1) is 14.5. The Morgan fingerprint density at radius 2 is 2.23 bits per heavy atom. The molecule has 1 N–H and O–H groups in total. The van der Waals surface area contributed by atoms with Gasteiger partial charge in [-0.2, -0.15) is 0 Å². The van der Waals surface area contributed by atoms with Crippen LogP contribution in [0.15, 0.2) is 29.1 Å². The van der Waals surface area contributed by atoms with E-state index in [1.165, 1.54) is 12.5 Å². The molecule has 13 heavy (non-hydrogen) atoms. The van der Waals surface area contributed by atoms with E-state index in [4.69, 9.17) is 5.11 Å². The number of hydrogen-bond acceptors (Lipinski definition) is 3. The first-order chi connectivity index (χ1) is 5.29. The van der Waals surface area contributed by atoms with Crippen LogP contribution in [-0.4, -0.2) is 17.3 Å². The molecule has 1 aliphatic rings. The fourth-order valence-corrected chi connectivity index (χ4v) is 0.662. The molecule has 0 aromatic carbocycles. The number of carboxylic acids is 1. The number of allylic oxidation sites excluding steroid dienone is 2. The van der Waals surface area contributed by atoms with E-state index < -0.39 is 5.97 Å². The Morgan fingerprint density at radius 3 is 2.85 bits per heavy atom. The molecule has 0 atom stereocenters. The molecule has 0 spiro atoms. The Morgan fingerprint density at radius 1 is 1.54 bits per heavy atom. The average Bonchev–Trinajstić information content (AvgIpc) is 2.14. The molecule has 0 saturated heterocycles. The molecule has 1 aliphatic heterocycles. The minimum Gasteiger partial charge on any atom is -0.481 e. The number of carbonyl (C=O) groups is 1. The van der Waals surface area contributed by atoms with Crippen molar-refractivity contribution in [2.45, 2.75) is 6.42 Å². The zero-order valence-electron chi connectivity index (χ0n) is 6.54. The lowest BCUT2D eigenvalue weighted by Crippen LogP contribution is -1.95. The topological polar surface area (TPSA) is 58.9 Å². The van der Waals surface area contributed by atoms with Gasteiger partial charge in [-0.1, -0.05) is 5.16 Å². The number of nitrogens with zero attached hydrogens (tertiary/aromatic N) is 1. The van der Waals surface area contributed by atoms with E-state index >= 15 is 0 Å². The van der Waals surface area contributed by atoms with Crippen LogP contribution in [0.1, 0.15) is 6.42 Å². The highest BCUT2D eigenvalue weighted by Gasteiger charge is 2.00. The number of hydrogen-bond donors (Lipinski definition) is 1. The molecular weight excluding hydrogens is 217 g/mol. The molecule has 0 fully saturated rings. The molecule has 0 bridgehead atoms. The number of aliphatic carboxylic acids is 1. The summed E-state index contributed by atoms with van der Waals surface area (Å²) in [4.78, 5) is 14.8. The third kappa shape index (κ3) is 6.19. The van der Waals surface area contributed by atoms with E-state index in [-0.39, 0.29) is 31.2 Å². The third-order valence-corrected chi connectivity index (χ3v) is 1.11. The lowest BCUT2D eigenvalue weighted by atomic mass is 10.2. The molecule has 6 heteroatoms. The van der Waals surface area contributed by atoms with Gasteiger partial charge in [0.25, 0.3) is 0 Å². The lowest BCUT2D eigenvalue weighted by molar-refractivity contribution is -0.136. The van der Waals surface area contributed by atoms with E-state index in [9.17, 15) is 4.79 Å². The van der Waals surface area contributed by atoms with Crippen LogP contribution in [0.5, 0.6) is 0 Å². The maximum atomic E-state index is 10.2. The second-order valence-electron chi connectivity index (χ2n) is 1.97. The van der Waals surface area contributed by atoms with Gasteiger partial charge in [0.2, 0.25) is 0 Å². The molecule has 74 valence electrons. The summed E-state index contributed by atoms with van der Waals surface area (Å²) in [7, 11) is 0. The third-order valence-electron chi connectivity index (χ3n) is 1.11. The molecule has 0 aliphatic carbocycles. The van der Waals surface area contributed by atoms with Gasteiger partial charge in [0.05, 0.1) is 12.6 Å². The Balaban J connectivity index is 0. The van der Waals surface area contributed by atoms with Gasteiger partial charge in [0.1, 0.15) is 6.26 Å². The number of carboxylic acid groups (broad SMARTS) is 1. The van der Waals surface area contributed by atoms with Gasteiger partial charge in [-0.05, 0) is 17.7 Å². The molecule has 0 saturated carbocycles. The number of oxime groups is 1. The zero-order valence-corrected chi connectivity index (χ0v) is 8.18. The Labute approximate surface area is 87.8 Å². The molecule has 0 radical (unpaired) electrons. The number of rotatable bonds is 2. The maximum absolute atomic E-state index is 10.2. The van der Waals surface area contributed by atoms with Crippen molar-refractivity contribution in [1.82, 2.24) is 0 Å². The highest BCUT2D eigenvalue weighted by atomic mass is 35.5. The van der Waals surface area contributed by atoms with Gasteiger partial charge in [-0.25, -0.2) is 0 Å². The Kier molecular flexibility index (Phi) is 8.53. The van der Waals surface area contributed by atoms with Crippen molar-refractivity contribution in [3.05, 3.63) is 24.0 Å². The summed E-state index contributed by atoms with van der Waals surface area (Å²) in [6.45, 7) is 0. The molecule has 0 aromatic heterocycles. The first-order valence-corrected chi connectivity index (χ1v) is 3.06. The molecule has 1 heterocycles. The highest BCUT2D eigenvalue weighted by molar-refractivity contribution is 5.85. The summed E-state index contributed by atoms with van der Waals surface area (Å²) in [5.74, 6) is -0.865. The lowest BCUT2D eigenvalue weighted by Gasteiger charge is -1.91. The van der Waals surface area contributed by atoms with E-state index in [1.54, 1.807) is 12.2 Å². The van der Waals surface area contributed by atoms with Crippen LogP contribution in [0.25, 0.3) is 0 Å². The quantitative estimate of drug-likeness (QED) is 0.780. The van der Waals surface area contributed by atoms with Crippen LogP contribution in [-0.2, 0) is 9.63 Å². The predicted octanol–water partition coefficient (Wildman–Crippen LogP) is 1.76. The van der Waals surface area contributed by atoms with Crippen LogP contribution in [0.4, 0.5) is 0 Å². The SMILES string of the molecule is Cl.Cl.O=C(O)CC1=CC=NOC=C1. The summed E-state index contributed by atoms with van der Waals surface area (Å²) >= 11 is 0. The second kappa shape index (κ2) is 7.64. The largest absolute Gasteiger partial charge is 0.481 e. The van der Waals surface area contributed by atoms with E-state index in [2.05, 4.69) is 9.99 Å². The van der Waals surface area contributed by atoms with Gasteiger partial charge < -0.3 is 9.94 Å². The fraction of sp³-hybridized carbons (Fsp3) is 0.143. The molecule has 0 amide bonds. The van der Waals surface area contributed by atoms with Gasteiger partial charge in [-0.3, -0.25) is 4.79 Å². The summed E-state index contributed by atoms with van der Waals surface area (Å²) in [5.41, 5.74) is 0.666. The maximum Gasteiger partial charge on any atom is 0.307 e. The molecular formula is C7H9Cl2NO3. The van der Waals surface area contributed by atoms with Crippen LogP contribution in [0, 0.1) is 0 Å². The minimum atomic E-state index is -0.865. The molecule has 1 rings (SSSR count). The van der Waals surface area contributed by atoms with Crippen molar-refractivity contribution in [2.24, 2.45) is 5.16 Å². The monoisotopic (exact) mass is 225 g/mol. The first-order valence-electron chi connectivity index (χ1n) is 3.06. The predicted molar refractivity (Wildman–Crippen MR) is 53.5 cm³/mol. The summed E-state index contributed by atoms with van der Waals surface area (Å²) in [6.07, 6.45) is 5.92. The van der Waals surface area contributed by atoms with Gasteiger partial charge in [0, 0.05) is 0 Å². The van der Waals surface area contributed by atoms with E-state index in [0.29, 0.717) is 5.57 Å². The van der Waals surface area contributed by atoms with Crippen LogP contribution < -0.4 is 0 Å². The summed E-state index contributed by atoms with van der Waals surface area (Å²) in [5, 5.41) is 11.8. The smallest absolute Gasteiger partial charge is 0.307 e. The second-order valence-corrected chi connectivity index (χ2v) is 1.97. The van der Waals surface area contributed by atoms with Crippen LogP contribution in [0.3, 0.4) is 0 Å². The molecule has 4 nitrogen and oxygen atoms in total. The summed E-state index contributed by atoms with van der Waals surface area (Å²) < 4.78 is 0. The van der Waals surface area contributed by atoms with Crippen molar-refractivity contribution < 1.29 is 14.7 Å². The van der Waals surface area contributed by atoms with Gasteiger partial charge >= 0.3 is 5.97 Å². The van der Waals surface area contributed by atoms with Crippen molar-refractivity contribution in [3.8, 4) is 0 Å². The van der Waals surface area contributed by atoms with Crippen molar-refractivity contribution in [3.63, 3.8) is 0 Å². The minimum absolute atomic E-state index is 0. The van der Waals surface area contributed by atoms with Crippen LogP contribution in [0.2, 0.25) is 0 Å². The number of halogens is 2. The van der Waals surface area contributed by atoms with Crippen molar-refractivity contribution in [1.29, 1.82) is 0 Å². The molecule has 0 unspecified atom stereocenters. The fourth-order valence-electron chi connectivity index (χ4n) is 0.662. The highest BCUT2D eigenvalue weighted by Crippen LogP contribution is 2.04. The van der Waals surface area contributed by atoms with Crippen LogP contribution >= 0.6 is 24.8 Å². The zero-order chi connectivity index (χ0) is 8.10.